The van der Waals surface area contributed by atoms with Gasteiger partial charge in [-0.05, 0) is 48.9 Å². The Balaban J connectivity index is 1.53. The van der Waals surface area contributed by atoms with Crippen molar-refractivity contribution in [2.75, 3.05) is 6.61 Å². The molecule has 6 nitrogen and oxygen atoms in total. The van der Waals surface area contributed by atoms with Gasteiger partial charge in [0.05, 0.1) is 33.8 Å². The van der Waals surface area contributed by atoms with Crippen LogP contribution in [0, 0.1) is 11.3 Å². The first-order valence-corrected chi connectivity index (χ1v) is 12.2. The number of aromatic nitrogens is 2. The molecule has 34 heavy (non-hydrogen) atoms. The molecule has 0 bridgehead atoms. The average Bonchev–Trinajstić information content (AvgIpc) is 3.36. The van der Waals surface area contributed by atoms with Crippen LogP contribution in [0.25, 0.3) is 22.1 Å². The molecule has 0 aliphatic carbocycles. The van der Waals surface area contributed by atoms with Gasteiger partial charge in [-0.1, -0.05) is 57.6 Å². The van der Waals surface area contributed by atoms with E-state index in [4.69, 9.17) is 9.47 Å². The van der Waals surface area contributed by atoms with E-state index in [1.54, 1.807) is 10.5 Å². The summed E-state index contributed by atoms with van der Waals surface area (Å²) in [6.07, 6.45) is 1.83. The van der Waals surface area contributed by atoms with Gasteiger partial charge in [0.1, 0.15) is 6.61 Å². The molecule has 168 valence electrons. The first-order valence-electron chi connectivity index (χ1n) is 10.6. The molecular weight excluding hydrogens is 514 g/mol. The van der Waals surface area contributed by atoms with E-state index < -0.39 is 0 Å². The number of imidazole rings is 1. The van der Waals surface area contributed by atoms with Gasteiger partial charge in [0, 0.05) is 10.0 Å². The van der Waals surface area contributed by atoms with Crippen molar-refractivity contribution >= 4 is 49.3 Å². The predicted molar refractivity (Wildman–Crippen MR) is 136 cm³/mol. The van der Waals surface area contributed by atoms with Crippen LogP contribution in [0.5, 0.6) is 11.5 Å². The fourth-order valence-corrected chi connectivity index (χ4v) is 5.12. The third-order valence-corrected chi connectivity index (χ3v) is 6.97. The van der Waals surface area contributed by atoms with Crippen LogP contribution in [0.2, 0.25) is 0 Å². The SMILES string of the molecule is CCOc1cc(C=c2sc3nc4ccccc4n3c2=O)c(Br)cc1OCc1ccccc1C#N. The molecule has 0 fully saturated rings. The minimum Gasteiger partial charge on any atom is -0.490 e. The summed E-state index contributed by atoms with van der Waals surface area (Å²) in [7, 11) is 0. The number of benzene rings is 3. The molecule has 0 atom stereocenters. The Hall–Kier alpha value is -3.67. The number of nitriles is 1. The summed E-state index contributed by atoms with van der Waals surface area (Å²) in [4.78, 5) is 18.4. The highest BCUT2D eigenvalue weighted by atomic mass is 79.9. The molecule has 2 aromatic heterocycles. The molecule has 0 unspecified atom stereocenters. The van der Waals surface area contributed by atoms with Gasteiger partial charge >= 0.3 is 0 Å². The van der Waals surface area contributed by atoms with Gasteiger partial charge in [-0.25, -0.2) is 9.38 Å². The topological polar surface area (TPSA) is 76.6 Å². The number of hydrogen-bond acceptors (Lipinski definition) is 6. The fourth-order valence-electron chi connectivity index (χ4n) is 3.71. The quantitative estimate of drug-likeness (QED) is 0.305. The molecule has 0 aliphatic rings. The number of para-hydroxylation sites is 2. The van der Waals surface area contributed by atoms with Crippen molar-refractivity contribution in [3.8, 4) is 17.6 Å². The standard InChI is InChI=1S/C26H18BrN3O3S/c1-2-32-22-11-18(19(27)13-23(22)33-15-17-8-4-3-7-16(17)14-28)12-24-25(31)30-21-10-6-5-9-20(21)29-26(30)34-24/h3-13H,2,15H2,1H3. The zero-order chi connectivity index (χ0) is 23.7. The van der Waals surface area contributed by atoms with Crippen LogP contribution in [-0.4, -0.2) is 16.0 Å². The predicted octanol–water partition coefficient (Wildman–Crippen LogP) is 5.07. The molecule has 2 heterocycles. The fraction of sp³-hybridized carbons (Fsp3) is 0.115. The van der Waals surface area contributed by atoms with Crippen molar-refractivity contribution < 1.29 is 9.47 Å². The van der Waals surface area contributed by atoms with Crippen molar-refractivity contribution in [1.29, 1.82) is 5.26 Å². The summed E-state index contributed by atoms with van der Waals surface area (Å²) in [6, 6.07) is 20.8. The largest absolute Gasteiger partial charge is 0.490 e. The first-order chi connectivity index (χ1) is 16.6. The maximum absolute atomic E-state index is 13.1. The van der Waals surface area contributed by atoms with Crippen LogP contribution in [0.1, 0.15) is 23.6 Å². The van der Waals surface area contributed by atoms with Crippen LogP contribution < -0.4 is 19.6 Å². The average molecular weight is 532 g/mol. The lowest BCUT2D eigenvalue weighted by Gasteiger charge is -2.14. The van der Waals surface area contributed by atoms with E-state index in [1.807, 2.05) is 67.6 Å². The highest BCUT2D eigenvalue weighted by Gasteiger charge is 2.14. The van der Waals surface area contributed by atoms with E-state index >= 15 is 0 Å². The molecule has 0 spiro atoms. The lowest BCUT2D eigenvalue weighted by atomic mass is 10.1. The van der Waals surface area contributed by atoms with Crippen LogP contribution in [0.15, 0.2) is 69.9 Å². The second-order valence-corrected chi connectivity index (χ2v) is 9.31. The molecule has 0 aliphatic heterocycles. The highest BCUT2D eigenvalue weighted by Crippen LogP contribution is 2.35. The van der Waals surface area contributed by atoms with E-state index in [-0.39, 0.29) is 12.2 Å². The third-order valence-electron chi connectivity index (χ3n) is 5.32. The third kappa shape index (κ3) is 4.04. The number of ether oxygens (including phenoxy) is 2. The van der Waals surface area contributed by atoms with Gasteiger partial charge < -0.3 is 9.47 Å². The van der Waals surface area contributed by atoms with Crippen molar-refractivity contribution in [2.24, 2.45) is 0 Å². The molecule has 0 saturated heterocycles. The van der Waals surface area contributed by atoms with E-state index in [2.05, 4.69) is 27.0 Å². The van der Waals surface area contributed by atoms with E-state index in [9.17, 15) is 10.1 Å². The van der Waals surface area contributed by atoms with Crippen LogP contribution in [-0.2, 0) is 6.61 Å². The number of rotatable bonds is 6. The van der Waals surface area contributed by atoms with Gasteiger partial charge in [0.25, 0.3) is 5.56 Å². The molecule has 8 heteroatoms. The van der Waals surface area contributed by atoms with E-state index in [1.165, 1.54) is 11.3 Å². The maximum Gasteiger partial charge on any atom is 0.274 e. The second kappa shape index (κ2) is 9.29. The number of nitrogens with zero attached hydrogens (tertiary/aromatic N) is 3. The zero-order valence-corrected chi connectivity index (χ0v) is 20.5. The smallest absolute Gasteiger partial charge is 0.274 e. The Kier molecular flexibility index (Phi) is 6.05. The Morgan fingerprint density at radius 2 is 1.88 bits per heavy atom. The van der Waals surface area contributed by atoms with Crippen LogP contribution in [0.4, 0.5) is 0 Å². The number of hydrogen-bond donors (Lipinski definition) is 0. The minimum absolute atomic E-state index is 0.105. The number of fused-ring (bicyclic) bond motifs is 3. The lowest BCUT2D eigenvalue weighted by Crippen LogP contribution is -2.22. The van der Waals surface area contributed by atoms with Gasteiger partial charge in [-0.15, -0.1) is 0 Å². The van der Waals surface area contributed by atoms with Crippen molar-refractivity contribution in [1.82, 2.24) is 9.38 Å². The van der Waals surface area contributed by atoms with Gasteiger partial charge in [-0.3, -0.25) is 4.79 Å². The summed E-state index contributed by atoms with van der Waals surface area (Å²) < 4.78 is 14.8. The number of halogens is 1. The van der Waals surface area contributed by atoms with Gasteiger partial charge in [-0.2, -0.15) is 5.26 Å². The normalized spacial score (nSPS) is 11.7. The molecule has 0 saturated carbocycles. The minimum atomic E-state index is -0.105. The van der Waals surface area contributed by atoms with Gasteiger partial charge in [0.15, 0.2) is 16.5 Å². The Bertz CT molecular complexity index is 1680. The zero-order valence-electron chi connectivity index (χ0n) is 18.1. The second-order valence-electron chi connectivity index (χ2n) is 7.45. The summed E-state index contributed by atoms with van der Waals surface area (Å²) >= 11 is 4.95. The Morgan fingerprint density at radius 3 is 2.71 bits per heavy atom. The Morgan fingerprint density at radius 1 is 1.12 bits per heavy atom. The summed E-state index contributed by atoms with van der Waals surface area (Å²) in [5, 5.41) is 9.32. The van der Waals surface area contributed by atoms with Gasteiger partial charge in [0.2, 0.25) is 0 Å². The van der Waals surface area contributed by atoms with Crippen LogP contribution >= 0.6 is 27.3 Å². The van der Waals surface area contributed by atoms with Crippen molar-refractivity contribution in [3.63, 3.8) is 0 Å². The number of thiazole rings is 1. The molecule has 0 amide bonds. The molecule has 0 N–H and O–H groups in total. The van der Waals surface area contributed by atoms with Crippen molar-refractivity contribution in [3.05, 3.63) is 96.7 Å². The van der Waals surface area contributed by atoms with E-state index in [0.29, 0.717) is 33.2 Å². The first kappa shape index (κ1) is 22.1. The summed E-state index contributed by atoms with van der Waals surface area (Å²) in [5.41, 5.74) is 3.66. The van der Waals surface area contributed by atoms with Crippen LogP contribution in [0.3, 0.4) is 0 Å². The molecule has 5 rings (SSSR count). The van der Waals surface area contributed by atoms with E-state index in [0.717, 1.165) is 26.6 Å². The molecule has 5 aromatic rings. The molecular formula is C26H18BrN3O3S. The molecule has 0 radical (unpaired) electrons. The monoisotopic (exact) mass is 531 g/mol. The summed E-state index contributed by atoms with van der Waals surface area (Å²) in [6.45, 7) is 2.59. The summed E-state index contributed by atoms with van der Waals surface area (Å²) in [5.74, 6) is 1.11. The molecule has 3 aromatic carbocycles. The van der Waals surface area contributed by atoms with Crippen molar-refractivity contribution in [2.45, 2.75) is 13.5 Å². The lowest BCUT2D eigenvalue weighted by molar-refractivity contribution is 0.269. The highest BCUT2D eigenvalue weighted by molar-refractivity contribution is 9.10. The Labute approximate surface area is 207 Å². The maximum atomic E-state index is 13.1.